The van der Waals surface area contributed by atoms with Crippen LogP contribution in [0.3, 0.4) is 0 Å². The second-order valence-electron chi connectivity index (χ2n) is 8.69. The van der Waals surface area contributed by atoms with Crippen LogP contribution >= 0.6 is 11.3 Å². The number of amides is 1. The second-order valence-corrected chi connectivity index (χ2v) is 9.70. The standard InChI is InChI=1S/C24H27N3O3S/c1-26(2)11-10-16-8-9-20-19(12-16)25-23(31-20)27(3)22(30)24(15-21(28)29)13-17-6-4-5-7-18(17)14-24/h4-9,12H,10-11,13-15H2,1-3H3,(H,28,29). The van der Waals surface area contributed by atoms with Gasteiger partial charge in [0.1, 0.15) is 0 Å². The maximum absolute atomic E-state index is 13.6. The number of likely N-dealkylation sites (N-methyl/N-ethyl adjacent to an activating group) is 1. The van der Waals surface area contributed by atoms with Crippen LogP contribution in [0.1, 0.15) is 23.1 Å². The number of fused-ring (bicyclic) bond motifs is 2. The minimum Gasteiger partial charge on any atom is -0.481 e. The fourth-order valence-corrected chi connectivity index (χ4v) is 5.30. The molecule has 31 heavy (non-hydrogen) atoms. The van der Waals surface area contributed by atoms with Crippen LogP contribution in [0.4, 0.5) is 5.13 Å². The Kier molecular flexibility index (Phi) is 5.81. The molecule has 2 aromatic carbocycles. The van der Waals surface area contributed by atoms with E-state index in [1.807, 2.05) is 38.4 Å². The van der Waals surface area contributed by atoms with Gasteiger partial charge in [0, 0.05) is 13.6 Å². The van der Waals surface area contributed by atoms with E-state index in [2.05, 4.69) is 23.1 Å². The normalized spacial score (nSPS) is 14.7. The van der Waals surface area contributed by atoms with Crippen molar-refractivity contribution in [1.29, 1.82) is 0 Å². The Morgan fingerprint density at radius 3 is 2.39 bits per heavy atom. The van der Waals surface area contributed by atoms with Gasteiger partial charge in [-0.15, -0.1) is 0 Å². The quantitative estimate of drug-likeness (QED) is 0.611. The molecule has 4 rings (SSSR count). The first-order chi connectivity index (χ1) is 14.8. The summed E-state index contributed by atoms with van der Waals surface area (Å²) in [4.78, 5) is 33.7. The minimum absolute atomic E-state index is 0.182. The molecule has 0 spiro atoms. The molecule has 0 fully saturated rings. The van der Waals surface area contributed by atoms with Gasteiger partial charge in [0.15, 0.2) is 5.13 Å². The number of aromatic nitrogens is 1. The fourth-order valence-electron chi connectivity index (χ4n) is 4.39. The van der Waals surface area contributed by atoms with Crippen molar-refractivity contribution >= 4 is 38.6 Å². The number of hydrogen-bond acceptors (Lipinski definition) is 5. The SMILES string of the molecule is CN(C)CCc1ccc2sc(N(C)C(=O)C3(CC(=O)O)Cc4ccccc4C3)nc2c1. The van der Waals surface area contributed by atoms with Crippen LogP contribution in [-0.2, 0) is 28.9 Å². The van der Waals surface area contributed by atoms with Gasteiger partial charge in [-0.1, -0.05) is 41.7 Å². The predicted octanol–water partition coefficient (Wildman–Crippen LogP) is 3.62. The summed E-state index contributed by atoms with van der Waals surface area (Å²) in [6.07, 6.45) is 1.63. The van der Waals surface area contributed by atoms with Crippen LogP contribution in [0, 0.1) is 5.41 Å². The summed E-state index contributed by atoms with van der Waals surface area (Å²) in [5.41, 5.74) is 3.22. The van der Waals surface area contributed by atoms with E-state index in [9.17, 15) is 14.7 Å². The van der Waals surface area contributed by atoms with Crippen LogP contribution in [-0.4, -0.2) is 54.6 Å². The Hall–Kier alpha value is -2.77. The summed E-state index contributed by atoms with van der Waals surface area (Å²) in [5.74, 6) is -1.14. The number of thiazole rings is 1. The average molecular weight is 438 g/mol. The Labute approximate surface area is 186 Å². The molecule has 0 saturated heterocycles. The number of anilines is 1. The monoisotopic (exact) mass is 437 g/mol. The average Bonchev–Trinajstić information content (AvgIpc) is 3.31. The number of rotatable bonds is 7. The van der Waals surface area contributed by atoms with Crippen LogP contribution in [0.2, 0.25) is 0 Å². The van der Waals surface area contributed by atoms with E-state index in [4.69, 9.17) is 4.98 Å². The molecule has 1 aliphatic rings. The molecule has 1 aromatic heterocycles. The largest absolute Gasteiger partial charge is 0.481 e. The lowest BCUT2D eigenvalue weighted by Gasteiger charge is -2.30. The van der Waals surface area contributed by atoms with Crippen molar-refractivity contribution in [2.75, 3.05) is 32.6 Å². The highest BCUT2D eigenvalue weighted by Crippen LogP contribution is 2.42. The molecule has 0 saturated carbocycles. The van der Waals surface area contributed by atoms with Gasteiger partial charge >= 0.3 is 5.97 Å². The van der Waals surface area contributed by atoms with Crippen molar-refractivity contribution in [2.45, 2.75) is 25.7 Å². The van der Waals surface area contributed by atoms with E-state index in [1.54, 1.807) is 11.9 Å². The molecule has 7 heteroatoms. The summed E-state index contributed by atoms with van der Waals surface area (Å²) in [6.45, 7) is 0.957. The zero-order chi connectivity index (χ0) is 22.2. The van der Waals surface area contributed by atoms with E-state index in [0.717, 1.165) is 34.3 Å². The van der Waals surface area contributed by atoms with Crippen molar-refractivity contribution in [3.05, 3.63) is 59.2 Å². The molecule has 0 unspecified atom stereocenters. The number of aliphatic carboxylic acids is 1. The summed E-state index contributed by atoms with van der Waals surface area (Å²) in [7, 11) is 5.81. The van der Waals surface area contributed by atoms with Crippen molar-refractivity contribution in [2.24, 2.45) is 5.41 Å². The Morgan fingerprint density at radius 1 is 1.10 bits per heavy atom. The predicted molar refractivity (Wildman–Crippen MR) is 124 cm³/mol. The van der Waals surface area contributed by atoms with Gasteiger partial charge < -0.3 is 10.0 Å². The van der Waals surface area contributed by atoms with Gasteiger partial charge in [-0.25, -0.2) is 4.98 Å². The number of carbonyl (C=O) groups excluding carboxylic acids is 1. The lowest BCUT2D eigenvalue weighted by molar-refractivity contribution is -0.144. The summed E-state index contributed by atoms with van der Waals surface area (Å²) in [6, 6.07) is 14.1. The van der Waals surface area contributed by atoms with Gasteiger partial charge in [0.05, 0.1) is 22.1 Å². The van der Waals surface area contributed by atoms with Gasteiger partial charge in [0.25, 0.3) is 0 Å². The topological polar surface area (TPSA) is 73.7 Å². The molecule has 1 heterocycles. The van der Waals surface area contributed by atoms with Crippen molar-refractivity contribution in [3.63, 3.8) is 0 Å². The number of carboxylic acid groups (broad SMARTS) is 1. The highest BCUT2D eigenvalue weighted by Gasteiger charge is 2.47. The summed E-state index contributed by atoms with van der Waals surface area (Å²) in [5, 5.41) is 10.2. The first kappa shape index (κ1) is 21.5. The van der Waals surface area contributed by atoms with E-state index >= 15 is 0 Å². The summed E-state index contributed by atoms with van der Waals surface area (Å²) < 4.78 is 1.02. The van der Waals surface area contributed by atoms with E-state index in [1.165, 1.54) is 16.9 Å². The molecule has 1 amide bonds. The van der Waals surface area contributed by atoms with E-state index in [0.29, 0.717) is 18.0 Å². The number of carboxylic acids is 1. The number of hydrogen-bond donors (Lipinski definition) is 1. The van der Waals surface area contributed by atoms with Crippen molar-refractivity contribution in [1.82, 2.24) is 9.88 Å². The van der Waals surface area contributed by atoms with Crippen molar-refractivity contribution in [3.8, 4) is 0 Å². The highest BCUT2D eigenvalue weighted by molar-refractivity contribution is 7.22. The zero-order valence-electron chi connectivity index (χ0n) is 18.1. The van der Waals surface area contributed by atoms with Gasteiger partial charge in [-0.2, -0.15) is 0 Å². The molecule has 0 aliphatic heterocycles. The van der Waals surface area contributed by atoms with Gasteiger partial charge in [-0.05, 0) is 62.2 Å². The van der Waals surface area contributed by atoms with Crippen LogP contribution < -0.4 is 4.90 Å². The van der Waals surface area contributed by atoms with Crippen LogP contribution in [0.15, 0.2) is 42.5 Å². The number of carbonyl (C=O) groups is 2. The minimum atomic E-state index is -0.973. The fraction of sp³-hybridized carbons (Fsp3) is 0.375. The van der Waals surface area contributed by atoms with Crippen LogP contribution in [0.5, 0.6) is 0 Å². The first-order valence-corrected chi connectivity index (χ1v) is 11.2. The second kappa shape index (κ2) is 8.40. The Balaban J connectivity index is 1.61. The molecule has 0 atom stereocenters. The molecule has 3 aromatic rings. The molecule has 1 N–H and O–H groups in total. The third kappa shape index (κ3) is 4.34. The van der Waals surface area contributed by atoms with E-state index in [-0.39, 0.29) is 12.3 Å². The molecule has 1 aliphatic carbocycles. The van der Waals surface area contributed by atoms with E-state index < -0.39 is 11.4 Å². The Bertz CT molecular complexity index is 1110. The third-order valence-corrected chi connectivity index (χ3v) is 7.11. The Morgan fingerprint density at radius 2 is 1.77 bits per heavy atom. The molecular weight excluding hydrogens is 410 g/mol. The van der Waals surface area contributed by atoms with Crippen molar-refractivity contribution < 1.29 is 14.7 Å². The first-order valence-electron chi connectivity index (χ1n) is 10.4. The summed E-state index contributed by atoms with van der Waals surface area (Å²) >= 11 is 1.46. The molecular formula is C24H27N3O3S. The maximum atomic E-state index is 13.6. The number of benzene rings is 2. The molecule has 6 nitrogen and oxygen atoms in total. The zero-order valence-corrected chi connectivity index (χ0v) is 18.9. The highest BCUT2D eigenvalue weighted by atomic mass is 32.1. The van der Waals surface area contributed by atoms with Gasteiger partial charge in [0.2, 0.25) is 5.91 Å². The smallest absolute Gasteiger partial charge is 0.304 e. The van der Waals surface area contributed by atoms with Crippen LogP contribution in [0.25, 0.3) is 10.2 Å². The van der Waals surface area contributed by atoms with Gasteiger partial charge in [-0.3, -0.25) is 14.5 Å². The lowest BCUT2D eigenvalue weighted by Crippen LogP contribution is -2.44. The maximum Gasteiger partial charge on any atom is 0.304 e. The molecule has 0 radical (unpaired) electrons. The number of nitrogens with zero attached hydrogens (tertiary/aromatic N) is 3. The molecule has 162 valence electrons. The third-order valence-electron chi connectivity index (χ3n) is 6.00. The lowest BCUT2D eigenvalue weighted by atomic mass is 9.80. The molecule has 0 bridgehead atoms.